The Labute approximate surface area is 148 Å². The van der Waals surface area contributed by atoms with Crippen molar-refractivity contribution in [3.8, 4) is 0 Å². The lowest BCUT2D eigenvalue weighted by atomic mass is 10.1. The van der Waals surface area contributed by atoms with Gasteiger partial charge in [-0.1, -0.05) is 36.8 Å². The smallest absolute Gasteiger partial charge is 0.258 e. The van der Waals surface area contributed by atoms with Crippen molar-refractivity contribution < 1.29 is 9.59 Å². The molecule has 4 heteroatoms. The molecule has 0 aliphatic carbocycles. The molecule has 1 aliphatic rings. The molecule has 1 heterocycles. The number of benzene rings is 2. The molecule has 0 bridgehead atoms. The second-order valence-electron chi connectivity index (χ2n) is 6.57. The molecule has 0 radical (unpaired) electrons. The summed E-state index contributed by atoms with van der Waals surface area (Å²) in [6.07, 6.45) is 2.26. The van der Waals surface area contributed by atoms with Crippen LogP contribution in [-0.4, -0.2) is 18.4 Å². The number of hydrogen-bond donors (Lipinski definition) is 1. The van der Waals surface area contributed by atoms with Crippen LogP contribution in [0.4, 0.5) is 5.69 Å². The second-order valence-corrected chi connectivity index (χ2v) is 6.57. The molecule has 3 rings (SSSR count). The van der Waals surface area contributed by atoms with E-state index in [0.717, 1.165) is 35.2 Å². The summed E-state index contributed by atoms with van der Waals surface area (Å²) in [5.74, 6) is 0.102. The fourth-order valence-corrected chi connectivity index (χ4v) is 3.20. The van der Waals surface area contributed by atoms with Crippen LogP contribution in [0.15, 0.2) is 42.5 Å². The number of aryl methyl sites for hydroxylation is 1. The number of nitrogens with zero attached hydrogens (tertiary/aromatic N) is 1. The van der Waals surface area contributed by atoms with Crippen LogP contribution in [0.2, 0.25) is 0 Å². The van der Waals surface area contributed by atoms with Gasteiger partial charge < -0.3 is 10.2 Å². The lowest BCUT2D eigenvalue weighted by Crippen LogP contribution is -2.29. The van der Waals surface area contributed by atoms with Gasteiger partial charge in [0.2, 0.25) is 5.91 Å². The van der Waals surface area contributed by atoms with Gasteiger partial charge in [0.15, 0.2) is 0 Å². The molecule has 0 fully saturated rings. The fraction of sp³-hybridized carbons (Fsp3) is 0.333. The molecular formula is C21H24N2O2. The maximum Gasteiger partial charge on any atom is 0.258 e. The van der Waals surface area contributed by atoms with E-state index in [2.05, 4.69) is 11.4 Å². The molecule has 0 atom stereocenters. The van der Waals surface area contributed by atoms with Crippen LogP contribution >= 0.6 is 0 Å². The largest absolute Gasteiger partial charge is 0.352 e. The van der Waals surface area contributed by atoms with E-state index >= 15 is 0 Å². The summed E-state index contributed by atoms with van der Waals surface area (Å²) in [5.41, 5.74) is 4.97. The highest BCUT2D eigenvalue weighted by atomic mass is 16.2. The maximum atomic E-state index is 12.9. The van der Waals surface area contributed by atoms with Crippen LogP contribution in [0.25, 0.3) is 0 Å². The number of rotatable bonds is 5. The Bertz CT molecular complexity index is 798. The monoisotopic (exact) mass is 336 g/mol. The highest BCUT2D eigenvalue weighted by molar-refractivity contribution is 6.07. The third-order valence-corrected chi connectivity index (χ3v) is 4.52. The van der Waals surface area contributed by atoms with E-state index in [9.17, 15) is 9.59 Å². The van der Waals surface area contributed by atoms with Gasteiger partial charge in [-0.3, -0.25) is 9.59 Å². The van der Waals surface area contributed by atoms with Crippen molar-refractivity contribution in [1.29, 1.82) is 0 Å². The van der Waals surface area contributed by atoms with E-state index < -0.39 is 0 Å². The van der Waals surface area contributed by atoms with Crippen LogP contribution in [0, 0.1) is 6.92 Å². The van der Waals surface area contributed by atoms with Gasteiger partial charge in [-0.2, -0.15) is 0 Å². The molecule has 0 saturated carbocycles. The normalized spacial score (nSPS) is 12.8. The number of anilines is 1. The summed E-state index contributed by atoms with van der Waals surface area (Å²) in [6.45, 7) is 5.18. The summed E-state index contributed by atoms with van der Waals surface area (Å²) in [6, 6.07) is 13.8. The van der Waals surface area contributed by atoms with Crippen molar-refractivity contribution in [2.75, 3.05) is 11.4 Å². The molecule has 0 spiro atoms. The Morgan fingerprint density at radius 3 is 2.76 bits per heavy atom. The van der Waals surface area contributed by atoms with Crippen molar-refractivity contribution in [1.82, 2.24) is 5.32 Å². The minimum Gasteiger partial charge on any atom is -0.352 e. The van der Waals surface area contributed by atoms with Crippen molar-refractivity contribution in [2.24, 2.45) is 0 Å². The van der Waals surface area contributed by atoms with Crippen molar-refractivity contribution >= 4 is 17.5 Å². The average molecular weight is 336 g/mol. The van der Waals surface area contributed by atoms with Gasteiger partial charge in [-0.15, -0.1) is 0 Å². The van der Waals surface area contributed by atoms with Crippen LogP contribution in [0.1, 0.15) is 46.8 Å². The highest BCUT2D eigenvalue weighted by Gasteiger charge is 2.25. The molecule has 1 aliphatic heterocycles. The molecule has 0 unspecified atom stereocenters. The SMILES string of the molecule is CCCC(=O)NCc1ccc2c(c1)N(C(=O)c1cccc(C)c1)CC2. The van der Waals surface area contributed by atoms with Crippen LogP contribution in [-0.2, 0) is 17.8 Å². The molecule has 0 aromatic heterocycles. The van der Waals surface area contributed by atoms with Gasteiger partial charge in [0, 0.05) is 30.8 Å². The van der Waals surface area contributed by atoms with E-state index in [4.69, 9.17) is 0 Å². The highest BCUT2D eigenvalue weighted by Crippen LogP contribution is 2.30. The lowest BCUT2D eigenvalue weighted by molar-refractivity contribution is -0.121. The Kier molecular flexibility index (Phi) is 5.17. The molecule has 2 aromatic carbocycles. The van der Waals surface area contributed by atoms with Crippen molar-refractivity contribution in [3.63, 3.8) is 0 Å². The molecular weight excluding hydrogens is 312 g/mol. The van der Waals surface area contributed by atoms with Crippen LogP contribution in [0.3, 0.4) is 0 Å². The minimum absolute atomic E-state index is 0.0367. The van der Waals surface area contributed by atoms with Gasteiger partial charge in [-0.25, -0.2) is 0 Å². The van der Waals surface area contributed by atoms with Gasteiger partial charge in [0.1, 0.15) is 0 Å². The fourth-order valence-electron chi connectivity index (χ4n) is 3.20. The standard InChI is InChI=1S/C21H24N2O2/c1-3-5-20(24)22-14-16-8-9-17-10-11-23(19(17)13-16)21(25)18-7-4-6-15(2)12-18/h4,6-9,12-13H,3,5,10-11,14H2,1-2H3,(H,22,24). The average Bonchev–Trinajstić information content (AvgIpc) is 3.03. The topological polar surface area (TPSA) is 49.4 Å². The molecule has 130 valence electrons. The molecule has 1 N–H and O–H groups in total. The van der Waals surface area contributed by atoms with Gasteiger partial charge >= 0.3 is 0 Å². The third-order valence-electron chi connectivity index (χ3n) is 4.52. The number of hydrogen-bond acceptors (Lipinski definition) is 2. The van der Waals surface area contributed by atoms with Crippen molar-refractivity contribution in [2.45, 2.75) is 39.7 Å². The van der Waals surface area contributed by atoms with Gasteiger partial charge in [0.05, 0.1) is 0 Å². The lowest BCUT2D eigenvalue weighted by Gasteiger charge is -2.18. The molecule has 2 aromatic rings. The first-order chi connectivity index (χ1) is 12.1. The first-order valence-corrected chi connectivity index (χ1v) is 8.85. The van der Waals surface area contributed by atoms with Gasteiger partial charge in [-0.05, 0) is 49.1 Å². The quantitative estimate of drug-likeness (QED) is 0.907. The first kappa shape index (κ1) is 17.2. The number of nitrogens with one attached hydrogen (secondary N) is 1. The second kappa shape index (κ2) is 7.51. The van der Waals surface area contributed by atoms with Crippen molar-refractivity contribution in [3.05, 3.63) is 64.7 Å². The zero-order valence-electron chi connectivity index (χ0n) is 14.8. The Hall–Kier alpha value is -2.62. The number of carbonyl (C=O) groups is 2. The zero-order chi connectivity index (χ0) is 17.8. The minimum atomic E-state index is 0.0367. The summed E-state index contributed by atoms with van der Waals surface area (Å²) in [5, 5.41) is 2.93. The van der Waals surface area contributed by atoms with Crippen LogP contribution in [0.5, 0.6) is 0 Å². The summed E-state index contributed by atoms with van der Waals surface area (Å²) < 4.78 is 0. The molecule has 4 nitrogen and oxygen atoms in total. The third kappa shape index (κ3) is 3.90. The van der Waals surface area contributed by atoms with E-state index in [1.54, 1.807) is 0 Å². The maximum absolute atomic E-state index is 12.9. The Balaban J connectivity index is 1.78. The number of carbonyl (C=O) groups excluding carboxylic acids is 2. The predicted molar refractivity (Wildman–Crippen MR) is 99.8 cm³/mol. The predicted octanol–water partition coefficient (Wildman–Crippen LogP) is 3.61. The Morgan fingerprint density at radius 1 is 1.16 bits per heavy atom. The van der Waals surface area contributed by atoms with E-state index in [0.29, 0.717) is 19.5 Å². The zero-order valence-corrected chi connectivity index (χ0v) is 14.8. The Morgan fingerprint density at radius 2 is 2.00 bits per heavy atom. The molecule has 0 saturated heterocycles. The van der Waals surface area contributed by atoms with E-state index in [1.165, 1.54) is 5.56 Å². The number of fused-ring (bicyclic) bond motifs is 1. The molecule has 2 amide bonds. The molecule has 25 heavy (non-hydrogen) atoms. The van der Waals surface area contributed by atoms with E-state index in [1.807, 2.05) is 55.1 Å². The first-order valence-electron chi connectivity index (χ1n) is 8.85. The van der Waals surface area contributed by atoms with Gasteiger partial charge in [0.25, 0.3) is 5.91 Å². The van der Waals surface area contributed by atoms with Crippen LogP contribution < -0.4 is 10.2 Å². The summed E-state index contributed by atoms with van der Waals surface area (Å²) in [7, 11) is 0. The summed E-state index contributed by atoms with van der Waals surface area (Å²) in [4.78, 5) is 26.4. The summed E-state index contributed by atoms with van der Waals surface area (Å²) >= 11 is 0. The van der Waals surface area contributed by atoms with E-state index in [-0.39, 0.29) is 11.8 Å². The number of amides is 2.